The molecule has 2 rings (SSSR count). The third kappa shape index (κ3) is 3.16. The molecule has 2 aliphatic rings. The van der Waals surface area contributed by atoms with Crippen LogP contribution in [-0.4, -0.2) is 62.2 Å². The van der Waals surface area contributed by atoms with E-state index in [1.54, 1.807) is 0 Å². The molecule has 2 saturated heterocycles. The van der Waals surface area contributed by atoms with Gasteiger partial charge in [-0.15, -0.1) is 0 Å². The molecular formula is C12H25N3. The van der Waals surface area contributed by atoms with Gasteiger partial charge < -0.3 is 9.80 Å². The molecule has 3 heteroatoms. The minimum atomic E-state index is 0.854. The van der Waals surface area contributed by atoms with Gasteiger partial charge in [0.15, 0.2) is 0 Å². The molecule has 1 N–H and O–H groups in total. The van der Waals surface area contributed by atoms with Gasteiger partial charge in [-0.05, 0) is 33.0 Å². The molecule has 0 aromatic carbocycles. The van der Waals surface area contributed by atoms with Crippen LogP contribution in [0.15, 0.2) is 0 Å². The summed E-state index contributed by atoms with van der Waals surface area (Å²) < 4.78 is 0. The van der Waals surface area contributed by atoms with Crippen molar-refractivity contribution in [2.45, 2.75) is 25.3 Å². The van der Waals surface area contributed by atoms with Gasteiger partial charge in [0.25, 0.3) is 0 Å². The largest absolute Gasteiger partial charge is 0.467 e. The van der Waals surface area contributed by atoms with Crippen LogP contribution in [0.25, 0.3) is 0 Å². The van der Waals surface area contributed by atoms with Gasteiger partial charge in [0.1, 0.15) is 0 Å². The lowest BCUT2D eigenvalue weighted by Crippen LogP contribution is -3.07. The molecule has 0 radical (unpaired) electrons. The predicted molar refractivity (Wildman–Crippen MR) is 62.8 cm³/mol. The van der Waals surface area contributed by atoms with Crippen molar-refractivity contribution in [3.63, 3.8) is 0 Å². The maximum absolute atomic E-state index is 4.13. The third-order valence-corrected chi connectivity index (χ3v) is 3.93. The molecule has 2 aliphatic heterocycles. The van der Waals surface area contributed by atoms with Crippen molar-refractivity contribution in [3.05, 3.63) is 7.05 Å². The summed E-state index contributed by atoms with van der Waals surface area (Å²) in [7, 11) is 6.37. The summed E-state index contributed by atoms with van der Waals surface area (Å²) in [6.45, 7) is 7.60. The lowest BCUT2D eigenvalue weighted by atomic mass is 10.0. The Morgan fingerprint density at radius 3 is 2.53 bits per heavy atom. The van der Waals surface area contributed by atoms with Gasteiger partial charge in [-0.25, -0.2) is 0 Å². The van der Waals surface area contributed by atoms with Crippen LogP contribution in [0, 0.1) is 7.05 Å². The molecule has 2 fully saturated rings. The molecule has 1 atom stereocenters. The van der Waals surface area contributed by atoms with E-state index in [4.69, 9.17) is 0 Å². The van der Waals surface area contributed by atoms with E-state index in [1.165, 1.54) is 63.4 Å². The molecule has 0 aromatic heterocycles. The maximum atomic E-state index is 4.13. The van der Waals surface area contributed by atoms with E-state index in [-0.39, 0.29) is 0 Å². The molecule has 0 spiro atoms. The first-order valence-corrected chi connectivity index (χ1v) is 6.35. The first kappa shape index (κ1) is 11.4. The van der Waals surface area contributed by atoms with E-state index < -0.39 is 0 Å². The molecule has 0 aromatic rings. The number of piperidine rings is 1. The lowest BCUT2D eigenvalue weighted by molar-refractivity contribution is -0.851. The highest BCUT2D eigenvalue weighted by atomic mass is 15.2. The van der Waals surface area contributed by atoms with Crippen molar-refractivity contribution in [1.29, 1.82) is 0 Å². The third-order valence-electron chi connectivity index (χ3n) is 3.93. The smallest absolute Gasteiger partial charge is 0.0660 e. The van der Waals surface area contributed by atoms with Gasteiger partial charge in [-0.1, -0.05) is 0 Å². The molecule has 0 aliphatic carbocycles. The Morgan fingerprint density at radius 1 is 1.07 bits per heavy atom. The molecule has 15 heavy (non-hydrogen) atoms. The molecular weight excluding hydrogens is 186 g/mol. The Bertz CT molecular complexity index is 187. The van der Waals surface area contributed by atoms with Crippen molar-refractivity contribution >= 4 is 0 Å². The summed E-state index contributed by atoms with van der Waals surface area (Å²) in [6, 6.07) is 0.854. The zero-order chi connectivity index (χ0) is 10.7. The fourth-order valence-electron chi connectivity index (χ4n) is 2.80. The topological polar surface area (TPSA) is 10.9 Å². The van der Waals surface area contributed by atoms with Gasteiger partial charge in [0.2, 0.25) is 0 Å². The van der Waals surface area contributed by atoms with Gasteiger partial charge >= 0.3 is 0 Å². The summed E-state index contributed by atoms with van der Waals surface area (Å²) in [4.78, 5) is 6.63. The van der Waals surface area contributed by atoms with Crippen molar-refractivity contribution in [2.75, 3.05) is 46.3 Å². The fourth-order valence-corrected chi connectivity index (χ4v) is 2.80. The standard InChI is InChI=1S/C12H25N3/c1-13-6-3-7-15(11-10-13)12-4-8-14(2)9-5-12/h12-13H,1,3-11H2,2H3. The number of quaternary nitrogens is 1. The zero-order valence-electron chi connectivity index (χ0n) is 10.0. The number of rotatable bonds is 1. The molecule has 2 heterocycles. The number of hydrogen-bond acceptors (Lipinski definition) is 2. The average Bonchev–Trinajstić information content (AvgIpc) is 2.44. The molecule has 88 valence electrons. The number of likely N-dealkylation sites (tertiary alicyclic amines) is 1. The van der Waals surface area contributed by atoms with E-state index in [9.17, 15) is 0 Å². The molecule has 0 bridgehead atoms. The SMILES string of the molecule is [CH2-][NH+]1CCCN(C2CCN(C)CC2)CC1. The van der Waals surface area contributed by atoms with Gasteiger partial charge in [0, 0.05) is 25.6 Å². The number of nitrogens with zero attached hydrogens (tertiary/aromatic N) is 2. The average molecular weight is 211 g/mol. The highest BCUT2D eigenvalue weighted by molar-refractivity contribution is 4.79. The predicted octanol–water partition coefficient (Wildman–Crippen LogP) is -0.537. The second kappa shape index (κ2) is 5.28. The van der Waals surface area contributed by atoms with E-state index in [0.29, 0.717) is 0 Å². The Balaban J connectivity index is 1.82. The van der Waals surface area contributed by atoms with Crippen LogP contribution < -0.4 is 4.90 Å². The lowest BCUT2D eigenvalue weighted by Gasteiger charge is -2.36. The Labute approximate surface area is 94.0 Å². The highest BCUT2D eigenvalue weighted by Gasteiger charge is 2.24. The maximum Gasteiger partial charge on any atom is 0.0660 e. The quantitative estimate of drug-likeness (QED) is 0.584. The summed E-state index contributed by atoms with van der Waals surface area (Å²) in [5.74, 6) is 0. The van der Waals surface area contributed by atoms with E-state index >= 15 is 0 Å². The number of hydrogen-bond donors (Lipinski definition) is 1. The normalized spacial score (nSPS) is 32.8. The first-order chi connectivity index (χ1) is 7.25. The fraction of sp³-hybridized carbons (Fsp3) is 0.917. The molecule has 0 saturated carbocycles. The molecule has 1 unspecified atom stereocenters. The second-order valence-electron chi connectivity index (χ2n) is 5.17. The van der Waals surface area contributed by atoms with Crippen LogP contribution in [0.5, 0.6) is 0 Å². The van der Waals surface area contributed by atoms with Crippen LogP contribution in [0.2, 0.25) is 0 Å². The van der Waals surface area contributed by atoms with Gasteiger partial charge in [-0.2, -0.15) is 7.05 Å². The summed E-state index contributed by atoms with van der Waals surface area (Å²) in [5.41, 5.74) is 0. The van der Waals surface area contributed by atoms with Crippen molar-refractivity contribution < 1.29 is 4.90 Å². The van der Waals surface area contributed by atoms with E-state index in [0.717, 1.165) is 6.04 Å². The van der Waals surface area contributed by atoms with E-state index in [1.807, 2.05) is 0 Å². The van der Waals surface area contributed by atoms with Crippen molar-refractivity contribution in [1.82, 2.24) is 9.80 Å². The first-order valence-electron chi connectivity index (χ1n) is 6.35. The van der Waals surface area contributed by atoms with E-state index in [2.05, 4.69) is 23.9 Å². The zero-order valence-corrected chi connectivity index (χ0v) is 10.0. The number of nitrogens with one attached hydrogen (secondary N) is 1. The summed E-state index contributed by atoms with van der Waals surface area (Å²) in [5, 5.41) is 0. The summed E-state index contributed by atoms with van der Waals surface area (Å²) >= 11 is 0. The van der Waals surface area contributed by atoms with Crippen LogP contribution in [0.1, 0.15) is 19.3 Å². The van der Waals surface area contributed by atoms with Crippen LogP contribution >= 0.6 is 0 Å². The molecule has 0 amide bonds. The minimum Gasteiger partial charge on any atom is -0.467 e. The Morgan fingerprint density at radius 2 is 1.80 bits per heavy atom. The second-order valence-corrected chi connectivity index (χ2v) is 5.17. The monoisotopic (exact) mass is 211 g/mol. The van der Waals surface area contributed by atoms with Crippen molar-refractivity contribution in [2.24, 2.45) is 0 Å². The van der Waals surface area contributed by atoms with Gasteiger partial charge in [0.05, 0.1) is 13.1 Å². The van der Waals surface area contributed by atoms with Crippen molar-refractivity contribution in [3.8, 4) is 0 Å². The van der Waals surface area contributed by atoms with Crippen LogP contribution in [0.4, 0.5) is 0 Å². The van der Waals surface area contributed by atoms with Crippen LogP contribution in [0.3, 0.4) is 0 Å². The molecule has 3 nitrogen and oxygen atoms in total. The highest BCUT2D eigenvalue weighted by Crippen LogP contribution is 2.15. The Hall–Kier alpha value is -0.120. The summed E-state index contributed by atoms with van der Waals surface area (Å²) in [6.07, 6.45) is 4.05. The Kier molecular flexibility index (Phi) is 4.00. The van der Waals surface area contributed by atoms with Crippen LogP contribution in [-0.2, 0) is 0 Å². The van der Waals surface area contributed by atoms with Gasteiger partial charge in [-0.3, -0.25) is 4.90 Å². The minimum absolute atomic E-state index is 0.854.